The van der Waals surface area contributed by atoms with Crippen molar-refractivity contribution in [1.82, 2.24) is 10.1 Å². The van der Waals surface area contributed by atoms with Crippen molar-refractivity contribution in [1.29, 1.82) is 0 Å². The summed E-state index contributed by atoms with van der Waals surface area (Å²) in [4.78, 5) is 3.96. The Hall–Kier alpha value is -1.75. The van der Waals surface area contributed by atoms with Crippen LogP contribution in [0.5, 0.6) is 0 Å². The Bertz CT molecular complexity index is 481. The Morgan fingerprint density at radius 3 is 2.93 bits per heavy atom. The highest BCUT2D eigenvalue weighted by atomic mass is 19.1. The van der Waals surface area contributed by atoms with Crippen molar-refractivity contribution >= 4 is 0 Å². The van der Waals surface area contributed by atoms with E-state index in [-0.39, 0.29) is 18.3 Å². The third-order valence-electron chi connectivity index (χ3n) is 2.07. The first kappa shape index (κ1) is 9.79. The maximum atomic E-state index is 13.6. The molecule has 78 valence electrons. The van der Waals surface area contributed by atoms with E-state index in [1.807, 2.05) is 0 Å². The number of hydrogen-bond donors (Lipinski definition) is 1. The van der Waals surface area contributed by atoms with Gasteiger partial charge in [-0.1, -0.05) is 17.3 Å². The van der Waals surface area contributed by atoms with Gasteiger partial charge in [0, 0.05) is 0 Å². The Balaban J connectivity index is 2.49. The molecule has 4 nitrogen and oxygen atoms in total. The molecule has 0 amide bonds. The van der Waals surface area contributed by atoms with E-state index in [1.54, 1.807) is 25.1 Å². The third-order valence-corrected chi connectivity index (χ3v) is 2.07. The molecule has 0 aliphatic carbocycles. The van der Waals surface area contributed by atoms with E-state index in [9.17, 15) is 4.39 Å². The maximum Gasteiger partial charge on any atom is 0.260 e. The van der Waals surface area contributed by atoms with Crippen molar-refractivity contribution in [3.05, 3.63) is 35.4 Å². The summed E-state index contributed by atoms with van der Waals surface area (Å²) < 4.78 is 18.5. The molecular weight excluding hydrogens is 197 g/mol. The predicted octanol–water partition coefficient (Wildman–Crippen LogP) is 1.64. The molecule has 1 aromatic carbocycles. The van der Waals surface area contributed by atoms with Crippen LogP contribution < -0.4 is 5.73 Å². The summed E-state index contributed by atoms with van der Waals surface area (Å²) in [6, 6.07) is 5.01. The van der Waals surface area contributed by atoms with E-state index in [2.05, 4.69) is 10.1 Å². The van der Waals surface area contributed by atoms with Gasteiger partial charge in [-0.2, -0.15) is 4.98 Å². The Labute approximate surface area is 85.9 Å². The average Bonchev–Trinajstić information content (AvgIpc) is 2.70. The van der Waals surface area contributed by atoms with Crippen LogP contribution in [0.1, 0.15) is 11.4 Å². The van der Waals surface area contributed by atoms with E-state index >= 15 is 0 Å². The molecule has 0 spiro atoms. The second kappa shape index (κ2) is 3.78. The van der Waals surface area contributed by atoms with Crippen molar-refractivity contribution in [2.45, 2.75) is 13.5 Å². The van der Waals surface area contributed by atoms with E-state index in [0.717, 1.165) is 0 Å². The molecule has 0 aliphatic rings. The zero-order valence-corrected chi connectivity index (χ0v) is 8.20. The van der Waals surface area contributed by atoms with Crippen LogP contribution in [0.4, 0.5) is 4.39 Å². The second-order valence-corrected chi connectivity index (χ2v) is 3.16. The lowest BCUT2D eigenvalue weighted by Gasteiger charge is -1.99. The van der Waals surface area contributed by atoms with Crippen LogP contribution in [0.3, 0.4) is 0 Å². The standard InChI is InChI=1S/C10H10FN3O/c1-6-3-2-4-7(9(6)11)10-13-8(5-12)14-15-10/h2-4H,5,12H2,1H3. The van der Waals surface area contributed by atoms with Crippen LogP contribution in [0.2, 0.25) is 0 Å². The molecule has 5 heteroatoms. The van der Waals surface area contributed by atoms with Crippen LogP contribution in [-0.2, 0) is 6.54 Å². The van der Waals surface area contributed by atoms with Crippen LogP contribution in [0.25, 0.3) is 11.5 Å². The number of nitrogens with two attached hydrogens (primary N) is 1. The van der Waals surface area contributed by atoms with E-state index in [1.165, 1.54) is 0 Å². The molecule has 1 aromatic heterocycles. The van der Waals surface area contributed by atoms with Gasteiger partial charge in [0.25, 0.3) is 5.89 Å². The van der Waals surface area contributed by atoms with E-state index in [4.69, 9.17) is 10.3 Å². The minimum Gasteiger partial charge on any atom is -0.334 e. The van der Waals surface area contributed by atoms with Gasteiger partial charge in [0.15, 0.2) is 5.82 Å². The zero-order chi connectivity index (χ0) is 10.8. The van der Waals surface area contributed by atoms with E-state index in [0.29, 0.717) is 17.0 Å². The summed E-state index contributed by atoms with van der Waals surface area (Å²) in [5.74, 6) is 0.187. The highest BCUT2D eigenvalue weighted by Crippen LogP contribution is 2.22. The van der Waals surface area contributed by atoms with Crippen molar-refractivity contribution in [2.75, 3.05) is 0 Å². The molecule has 0 aliphatic heterocycles. The summed E-state index contributed by atoms with van der Waals surface area (Å²) >= 11 is 0. The van der Waals surface area contributed by atoms with Gasteiger partial charge < -0.3 is 10.3 Å². The highest BCUT2D eigenvalue weighted by Gasteiger charge is 2.13. The largest absolute Gasteiger partial charge is 0.334 e. The van der Waals surface area contributed by atoms with E-state index < -0.39 is 0 Å². The molecule has 0 saturated carbocycles. The summed E-state index contributed by atoms with van der Waals surface area (Å²) in [6.45, 7) is 1.86. The fourth-order valence-electron chi connectivity index (χ4n) is 1.26. The van der Waals surface area contributed by atoms with Gasteiger partial charge in [0.05, 0.1) is 12.1 Å². The average molecular weight is 207 g/mol. The van der Waals surface area contributed by atoms with Crippen molar-refractivity contribution in [2.24, 2.45) is 5.73 Å². The van der Waals surface area contributed by atoms with Crippen LogP contribution in [0, 0.1) is 12.7 Å². The minimum absolute atomic E-state index is 0.164. The number of aromatic nitrogens is 2. The Morgan fingerprint density at radius 1 is 1.47 bits per heavy atom. The first-order chi connectivity index (χ1) is 7.22. The first-order valence-corrected chi connectivity index (χ1v) is 4.50. The van der Waals surface area contributed by atoms with Gasteiger partial charge in [-0.05, 0) is 18.6 Å². The number of nitrogens with zero attached hydrogens (tertiary/aromatic N) is 2. The molecule has 0 fully saturated rings. The molecule has 0 bridgehead atoms. The number of benzene rings is 1. The van der Waals surface area contributed by atoms with Gasteiger partial charge in [0.1, 0.15) is 5.82 Å². The number of hydrogen-bond acceptors (Lipinski definition) is 4. The second-order valence-electron chi connectivity index (χ2n) is 3.16. The quantitative estimate of drug-likeness (QED) is 0.813. The molecule has 1 heterocycles. The zero-order valence-electron chi connectivity index (χ0n) is 8.20. The minimum atomic E-state index is -0.343. The van der Waals surface area contributed by atoms with Gasteiger partial charge in [-0.15, -0.1) is 0 Å². The molecule has 15 heavy (non-hydrogen) atoms. The molecule has 2 N–H and O–H groups in total. The molecule has 2 aromatic rings. The topological polar surface area (TPSA) is 64.9 Å². The molecule has 2 rings (SSSR count). The fourth-order valence-corrected chi connectivity index (χ4v) is 1.26. The van der Waals surface area contributed by atoms with Crippen LogP contribution >= 0.6 is 0 Å². The maximum absolute atomic E-state index is 13.6. The predicted molar refractivity (Wildman–Crippen MR) is 52.3 cm³/mol. The number of halogens is 1. The monoisotopic (exact) mass is 207 g/mol. The Kier molecular flexibility index (Phi) is 2.47. The van der Waals surface area contributed by atoms with Crippen molar-refractivity contribution in [3.8, 4) is 11.5 Å². The lowest BCUT2D eigenvalue weighted by Crippen LogP contribution is -1.98. The molecular formula is C10H10FN3O. The Morgan fingerprint density at radius 2 is 2.27 bits per heavy atom. The first-order valence-electron chi connectivity index (χ1n) is 4.50. The fraction of sp³-hybridized carbons (Fsp3) is 0.200. The molecule has 0 radical (unpaired) electrons. The highest BCUT2D eigenvalue weighted by molar-refractivity contribution is 5.55. The molecule has 0 atom stereocenters. The van der Waals surface area contributed by atoms with Crippen molar-refractivity contribution in [3.63, 3.8) is 0 Å². The van der Waals surface area contributed by atoms with Gasteiger partial charge in [0.2, 0.25) is 0 Å². The number of aryl methyl sites for hydroxylation is 1. The summed E-state index contributed by atoms with van der Waals surface area (Å²) in [5.41, 5.74) is 6.18. The van der Waals surface area contributed by atoms with Crippen molar-refractivity contribution < 1.29 is 8.91 Å². The van der Waals surface area contributed by atoms with Gasteiger partial charge in [-0.3, -0.25) is 0 Å². The molecule has 0 saturated heterocycles. The van der Waals surface area contributed by atoms with Crippen LogP contribution in [0.15, 0.2) is 22.7 Å². The summed E-state index contributed by atoms with van der Waals surface area (Å²) in [6.07, 6.45) is 0. The van der Waals surface area contributed by atoms with Gasteiger partial charge >= 0.3 is 0 Å². The summed E-state index contributed by atoms with van der Waals surface area (Å²) in [7, 11) is 0. The van der Waals surface area contributed by atoms with Gasteiger partial charge in [-0.25, -0.2) is 4.39 Å². The molecule has 0 unspecified atom stereocenters. The third kappa shape index (κ3) is 1.73. The smallest absolute Gasteiger partial charge is 0.260 e. The van der Waals surface area contributed by atoms with Crippen LogP contribution in [-0.4, -0.2) is 10.1 Å². The number of rotatable bonds is 2. The lowest BCUT2D eigenvalue weighted by molar-refractivity contribution is 0.420. The normalized spacial score (nSPS) is 10.6. The summed E-state index contributed by atoms with van der Waals surface area (Å²) in [5, 5.41) is 3.60. The lowest BCUT2D eigenvalue weighted by atomic mass is 10.1. The SMILES string of the molecule is Cc1cccc(-c2nc(CN)no2)c1F.